The van der Waals surface area contributed by atoms with E-state index in [2.05, 4.69) is 11.9 Å². The molecule has 0 aliphatic carbocycles. The Morgan fingerprint density at radius 2 is 1.38 bits per heavy atom. The van der Waals surface area contributed by atoms with Gasteiger partial charge in [0.2, 0.25) is 5.95 Å². The van der Waals surface area contributed by atoms with Crippen LogP contribution in [0.5, 0.6) is 5.75 Å². The highest BCUT2D eigenvalue weighted by atomic mass is 19.2. The zero-order valence-electron chi connectivity index (χ0n) is 14.3. The molecule has 3 rings (SSSR count). The average Bonchev–Trinajstić information content (AvgIpc) is 2.66. The largest absolute Gasteiger partial charge is 0.494 e. The molecular formula is C21H18F3NO. The van der Waals surface area contributed by atoms with Crippen molar-refractivity contribution in [2.75, 3.05) is 6.61 Å². The van der Waals surface area contributed by atoms with E-state index in [-0.39, 0.29) is 5.56 Å². The molecule has 5 heteroatoms. The molecule has 3 aromatic rings. The van der Waals surface area contributed by atoms with Gasteiger partial charge < -0.3 is 4.74 Å². The molecular weight excluding hydrogens is 339 g/mol. The molecule has 0 amide bonds. The lowest BCUT2D eigenvalue weighted by molar-refractivity contribution is 0.309. The second-order valence-electron chi connectivity index (χ2n) is 5.90. The Labute approximate surface area is 150 Å². The van der Waals surface area contributed by atoms with E-state index in [0.29, 0.717) is 12.2 Å². The summed E-state index contributed by atoms with van der Waals surface area (Å²) in [5.74, 6) is -2.84. The van der Waals surface area contributed by atoms with E-state index in [1.54, 1.807) is 24.3 Å². The van der Waals surface area contributed by atoms with Gasteiger partial charge in [-0.3, -0.25) is 0 Å². The quantitative estimate of drug-likeness (QED) is 0.398. The second-order valence-corrected chi connectivity index (χ2v) is 5.90. The Hall–Kier alpha value is -2.82. The Morgan fingerprint density at radius 3 is 2.00 bits per heavy atom. The highest BCUT2D eigenvalue weighted by Gasteiger charge is 2.13. The number of benzene rings is 2. The van der Waals surface area contributed by atoms with E-state index >= 15 is 0 Å². The molecule has 0 spiro atoms. The maximum atomic E-state index is 13.8. The third-order valence-corrected chi connectivity index (χ3v) is 4.04. The number of hydrogen-bond donors (Lipinski definition) is 0. The normalized spacial score (nSPS) is 10.8. The van der Waals surface area contributed by atoms with Crippen molar-refractivity contribution in [3.05, 3.63) is 72.3 Å². The van der Waals surface area contributed by atoms with Gasteiger partial charge in [-0.1, -0.05) is 49.7 Å². The van der Waals surface area contributed by atoms with Crippen molar-refractivity contribution in [2.45, 2.75) is 19.8 Å². The van der Waals surface area contributed by atoms with Crippen LogP contribution >= 0.6 is 0 Å². The molecule has 0 unspecified atom stereocenters. The monoisotopic (exact) mass is 357 g/mol. The molecule has 0 aliphatic rings. The fourth-order valence-corrected chi connectivity index (χ4v) is 2.57. The van der Waals surface area contributed by atoms with E-state index in [0.717, 1.165) is 35.8 Å². The van der Waals surface area contributed by atoms with Crippen molar-refractivity contribution in [1.29, 1.82) is 0 Å². The SMILES string of the molecule is CCCCOc1ccc(-c2ccc(-c3cc(F)c(F)nc3F)cc2)cc1. The summed E-state index contributed by atoms with van der Waals surface area (Å²) in [5.41, 5.74) is 2.25. The summed E-state index contributed by atoms with van der Waals surface area (Å²) < 4.78 is 45.7. The summed E-state index contributed by atoms with van der Waals surface area (Å²) >= 11 is 0. The molecule has 0 atom stereocenters. The minimum Gasteiger partial charge on any atom is -0.494 e. The van der Waals surface area contributed by atoms with E-state index in [4.69, 9.17) is 4.74 Å². The molecule has 0 saturated carbocycles. The summed E-state index contributed by atoms with van der Waals surface area (Å²) in [6.45, 7) is 2.80. The molecule has 0 fully saturated rings. The number of hydrogen-bond acceptors (Lipinski definition) is 2. The first-order valence-corrected chi connectivity index (χ1v) is 8.43. The average molecular weight is 357 g/mol. The van der Waals surface area contributed by atoms with Crippen molar-refractivity contribution in [1.82, 2.24) is 4.98 Å². The fourth-order valence-electron chi connectivity index (χ4n) is 2.57. The summed E-state index contributed by atoms with van der Waals surface area (Å²) in [5, 5.41) is 0. The Balaban J connectivity index is 1.78. The van der Waals surface area contributed by atoms with Gasteiger partial charge in [0.1, 0.15) is 5.75 Å². The van der Waals surface area contributed by atoms with E-state index in [9.17, 15) is 13.2 Å². The summed E-state index contributed by atoms with van der Waals surface area (Å²) in [7, 11) is 0. The van der Waals surface area contributed by atoms with Crippen LogP contribution in [0.25, 0.3) is 22.3 Å². The molecule has 26 heavy (non-hydrogen) atoms. The number of pyridine rings is 1. The van der Waals surface area contributed by atoms with Crippen LogP contribution in [-0.4, -0.2) is 11.6 Å². The molecule has 1 heterocycles. The number of rotatable bonds is 6. The topological polar surface area (TPSA) is 22.1 Å². The van der Waals surface area contributed by atoms with Crippen LogP contribution in [0.15, 0.2) is 54.6 Å². The van der Waals surface area contributed by atoms with Crippen LogP contribution in [-0.2, 0) is 0 Å². The third kappa shape index (κ3) is 4.04. The van der Waals surface area contributed by atoms with Gasteiger partial charge in [-0.25, -0.2) is 4.39 Å². The van der Waals surface area contributed by atoms with Crippen LogP contribution in [0.4, 0.5) is 13.2 Å². The molecule has 2 nitrogen and oxygen atoms in total. The minimum absolute atomic E-state index is 0.0740. The first kappa shape index (κ1) is 18.0. The lowest BCUT2D eigenvalue weighted by Gasteiger charge is -2.08. The van der Waals surface area contributed by atoms with Gasteiger partial charge in [-0.2, -0.15) is 13.8 Å². The van der Waals surface area contributed by atoms with Crippen molar-refractivity contribution in [2.24, 2.45) is 0 Å². The van der Waals surface area contributed by atoms with Crippen LogP contribution in [0.2, 0.25) is 0 Å². The molecule has 0 radical (unpaired) electrons. The van der Waals surface area contributed by atoms with Gasteiger partial charge in [0.15, 0.2) is 5.82 Å². The highest BCUT2D eigenvalue weighted by Crippen LogP contribution is 2.28. The number of unbranched alkanes of at least 4 members (excludes halogenated alkanes) is 1. The minimum atomic E-state index is -1.44. The highest BCUT2D eigenvalue weighted by molar-refractivity contribution is 5.70. The number of aromatic nitrogens is 1. The summed E-state index contributed by atoms with van der Waals surface area (Å²) in [6.07, 6.45) is 2.09. The Bertz CT molecular complexity index is 877. The number of halogens is 3. The van der Waals surface area contributed by atoms with Crippen molar-refractivity contribution in [3.8, 4) is 28.0 Å². The summed E-state index contributed by atoms with van der Waals surface area (Å²) in [6, 6.07) is 15.4. The standard InChI is InChI=1S/C21H18F3NO/c1-2-3-12-26-17-10-8-15(9-11-17)14-4-6-16(7-5-14)18-13-19(22)21(24)25-20(18)23/h4-11,13H,2-3,12H2,1H3. The first-order chi connectivity index (χ1) is 12.6. The van der Waals surface area contributed by atoms with E-state index < -0.39 is 17.7 Å². The number of nitrogens with zero attached hydrogens (tertiary/aromatic N) is 1. The lowest BCUT2D eigenvalue weighted by Crippen LogP contribution is -1.97. The van der Waals surface area contributed by atoms with Crippen molar-refractivity contribution in [3.63, 3.8) is 0 Å². The van der Waals surface area contributed by atoms with E-state index in [1.165, 1.54) is 0 Å². The predicted octanol–water partition coefficient (Wildman–Crippen LogP) is 6.01. The van der Waals surface area contributed by atoms with Crippen LogP contribution < -0.4 is 4.74 Å². The smallest absolute Gasteiger partial charge is 0.251 e. The van der Waals surface area contributed by atoms with Crippen LogP contribution in [0.3, 0.4) is 0 Å². The second kappa shape index (κ2) is 8.04. The van der Waals surface area contributed by atoms with Gasteiger partial charge in [0.05, 0.1) is 6.61 Å². The third-order valence-electron chi connectivity index (χ3n) is 4.04. The summed E-state index contributed by atoms with van der Waals surface area (Å²) in [4.78, 5) is 2.95. The van der Waals surface area contributed by atoms with Crippen molar-refractivity contribution >= 4 is 0 Å². The fraction of sp³-hybridized carbons (Fsp3) is 0.190. The lowest BCUT2D eigenvalue weighted by atomic mass is 10.0. The molecule has 0 N–H and O–H groups in total. The van der Waals surface area contributed by atoms with E-state index in [1.807, 2.05) is 24.3 Å². The molecule has 134 valence electrons. The maximum absolute atomic E-state index is 13.8. The predicted molar refractivity (Wildman–Crippen MR) is 95.4 cm³/mol. The molecule has 0 saturated heterocycles. The van der Waals surface area contributed by atoms with Gasteiger partial charge in [-0.15, -0.1) is 0 Å². The molecule has 0 bridgehead atoms. The maximum Gasteiger partial charge on any atom is 0.251 e. The van der Waals surface area contributed by atoms with Gasteiger partial charge in [-0.05, 0) is 41.3 Å². The zero-order chi connectivity index (χ0) is 18.5. The molecule has 2 aromatic carbocycles. The molecule has 0 aliphatic heterocycles. The van der Waals surface area contributed by atoms with Gasteiger partial charge in [0.25, 0.3) is 5.95 Å². The Morgan fingerprint density at radius 1 is 0.808 bits per heavy atom. The van der Waals surface area contributed by atoms with Gasteiger partial charge >= 0.3 is 0 Å². The first-order valence-electron chi connectivity index (χ1n) is 8.43. The van der Waals surface area contributed by atoms with Gasteiger partial charge in [0, 0.05) is 5.56 Å². The zero-order valence-corrected chi connectivity index (χ0v) is 14.3. The Kier molecular flexibility index (Phi) is 5.56. The number of ether oxygens (including phenoxy) is 1. The van der Waals surface area contributed by atoms with Crippen LogP contribution in [0.1, 0.15) is 19.8 Å². The van der Waals surface area contributed by atoms with Crippen LogP contribution in [0, 0.1) is 17.7 Å². The molecule has 1 aromatic heterocycles. The van der Waals surface area contributed by atoms with Crippen molar-refractivity contribution < 1.29 is 17.9 Å².